The number of benzene rings is 2. The first-order valence-electron chi connectivity index (χ1n) is 6.44. The van der Waals surface area contributed by atoms with Crippen molar-refractivity contribution in [2.75, 3.05) is 11.6 Å². The summed E-state index contributed by atoms with van der Waals surface area (Å²) in [5.74, 6) is 0. The average molecular weight is 300 g/mol. The molecule has 0 amide bonds. The maximum absolute atomic E-state index is 11.6. The lowest BCUT2D eigenvalue weighted by Crippen LogP contribution is -2.04. The Bertz CT molecular complexity index is 788. The molecule has 1 N–H and O–H groups in total. The molecule has 4 nitrogen and oxygen atoms in total. The van der Waals surface area contributed by atoms with Crippen molar-refractivity contribution in [2.24, 2.45) is 0 Å². The summed E-state index contributed by atoms with van der Waals surface area (Å²) >= 11 is 0. The average Bonchev–Trinajstić information content (AvgIpc) is 2.45. The minimum atomic E-state index is -3.21. The lowest BCUT2D eigenvalue weighted by Gasteiger charge is -2.11. The van der Waals surface area contributed by atoms with Crippen LogP contribution in [0.2, 0.25) is 0 Å². The molecule has 2 aromatic carbocycles. The molecule has 2 aromatic rings. The molecule has 0 fully saturated rings. The van der Waals surface area contributed by atoms with Crippen molar-refractivity contribution in [1.29, 1.82) is 5.26 Å². The summed E-state index contributed by atoms with van der Waals surface area (Å²) in [5, 5.41) is 12.0. The minimum absolute atomic E-state index is 0.301. The lowest BCUT2D eigenvalue weighted by molar-refractivity contribution is 0.602. The van der Waals surface area contributed by atoms with E-state index in [-0.39, 0.29) is 0 Å². The monoisotopic (exact) mass is 300 g/mol. The van der Waals surface area contributed by atoms with E-state index in [0.29, 0.717) is 17.0 Å². The Morgan fingerprint density at radius 1 is 1.14 bits per heavy atom. The number of anilines is 1. The normalized spacial score (nSPS) is 10.9. The Balaban J connectivity index is 2.17. The molecule has 0 radical (unpaired) electrons. The van der Waals surface area contributed by atoms with Crippen molar-refractivity contribution < 1.29 is 8.42 Å². The van der Waals surface area contributed by atoms with Gasteiger partial charge in [0.1, 0.15) is 0 Å². The SMILES string of the molecule is Cc1ccc(S(C)(=O)=O)cc1NCc1ccc(C#N)cc1. The molecular formula is C16H16N2O2S. The van der Waals surface area contributed by atoms with Crippen molar-refractivity contribution in [3.63, 3.8) is 0 Å². The molecule has 0 saturated carbocycles. The molecule has 0 aliphatic rings. The molecule has 0 unspecified atom stereocenters. The summed E-state index contributed by atoms with van der Waals surface area (Å²) in [6, 6.07) is 14.4. The predicted molar refractivity (Wildman–Crippen MR) is 82.8 cm³/mol. The zero-order chi connectivity index (χ0) is 15.5. The highest BCUT2D eigenvalue weighted by molar-refractivity contribution is 7.90. The fourth-order valence-corrected chi connectivity index (χ4v) is 2.56. The maximum atomic E-state index is 11.6. The highest BCUT2D eigenvalue weighted by Crippen LogP contribution is 2.21. The molecule has 2 rings (SSSR count). The van der Waals surface area contributed by atoms with Gasteiger partial charge in [0.15, 0.2) is 9.84 Å². The standard InChI is InChI=1S/C16H16N2O2S/c1-12-3-8-15(21(2,19)20)9-16(12)18-11-14-6-4-13(10-17)5-7-14/h3-9,18H,11H2,1-2H3. The van der Waals surface area contributed by atoms with E-state index in [9.17, 15) is 8.42 Å². The largest absolute Gasteiger partial charge is 0.381 e. The second-order valence-corrected chi connectivity index (χ2v) is 6.93. The number of nitrogens with one attached hydrogen (secondary N) is 1. The highest BCUT2D eigenvalue weighted by atomic mass is 32.2. The highest BCUT2D eigenvalue weighted by Gasteiger charge is 2.09. The van der Waals surface area contributed by atoms with E-state index in [4.69, 9.17) is 5.26 Å². The summed E-state index contributed by atoms with van der Waals surface area (Å²) in [6.45, 7) is 2.49. The van der Waals surface area contributed by atoms with Crippen LogP contribution < -0.4 is 5.32 Å². The second-order valence-electron chi connectivity index (χ2n) is 4.91. The number of nitriles is 1. The molecule has 0 aromatic heterocycles. The van der Waals surface area contributed by atoms with Crippen LogP contribution in [0.4, 0.5) is 5.69 Å². The van der Waals surface area contributed by atoms with Crippen LogP contribution in [0.25, 0.3) is 0 Å². The van der Waals surface area contributed by atoms with Gasteiger partial charge in [0.2, 0.25) is 0 Å². The van der Waals surface area contributed by atoms with Gasteiger partial charge in [0.25, 0.3) is 0 Å². The first kappa shape index (κ1) is 15.1. The van der Waals surface area contributed by atoms with Gasteiger partial charge in [-0.1, -0.05) is 18.2 Å². The van der Waals surface area contributed by atoms with E-state index in [1.807, 2.05) is 19.1 Å². The number of hydrogen-bond acceptors (Lipinski definition) is 4. The van der Waals surface area contributed by atoms with Crippen molar-refractivity contribution in [3.8, 4) is 6.07 Å². The van der Waals surface area contributed by atoms with Crippen LogP contribution >= 0.6 is 0 Å². The van der Waals surface area contributed by atoms with Crippen LogP contribution in [0.3, 0.4) is 0 Å². The van der Waals surface area contributed by atoms with E-state index in [1.165, 1.54) is 6.26 Å². The Morgan fingerprint density at radius 3 is 2.38 bits per heavy atom. The van der Waals surface area contributed by atoms with Crippen LogP contribution in [0.1, 0.15) is 16.7 Å². The Hall–Kier alpha value is -2.32. The topological polar surface area (TPSA) is 70.0 Å². The fraction of sp³-hybridized carbons (Fsp3) is 0.188. The van der Waals surface area contributed by atoms with Crippen molar-refractivity contribution in [2.45, 2.75) is 18.4 Å². The summed E-state index contributed by atoms with van der Waals surface area (Å²) in [6.07, 6.45) is 1.20. The van der Waals surface area contributed by atoms with Crippen LogP contribution in [0.5, 0.6) is 0 Å². The molecule has 21 heavy (non-hydrogen) atoms. The zero-order valence-corrected chi connectivity index (χ0v) is 12.7. The van der Waals surface area contributed by atoms with E-state index in [1.54, 1.807) is 30.3 Å². The van der Waals surface area contributed by atoms with Gasteiger partial charge in [0.05, 0.1) is 16.5 Å². The van der Waals surface area contributed by atoms with Crippen LogP contribution in [0, 0.1) is 18.3 Å². The molecule has 0 bridgehead atoms. The third-order valence-electron chi connectivity index (χ3n) is 3.20. The lowest BCUT2D eigenvalue weighted by atomic mass is 10.1. The molecule has 5 heteroatoms. The quantitative estimate of drug-likeness (QED) is 0.942. The smallest absolute Gasteiger partial charge is 0.175 e. The molecule has 0 atom stereocenters. The Kier molecular flexibility index (Phi) is 4.29. The van der Waals surface area contributed by atoms with Gasteiger partial charge in [0, 0.05) is 18.5 Å². The zero-order valence-electron chi connectivity index (χ0n) is 11.9. The molecule has 0 aliphatic carbocycles. The van der Waals surface area contributed by atoms with Gasteiger partial charge in [-0.2, -0.15) is 5.26 Å². The number of hydrogen-bond donors (Lipinski definition) is 1. The fourth-order valence-electron chi connectivity index (χ4n) is 1.92. The maximum Gasteiger partial charge on any atom is 0.175 e. The van der Waals surface area contributed by atoms with Gasteiger partial charge >= 0.3 is 0 Å². The molecular weight excluding hydrogens is 284 g/mol. The third kappa shape index (κ3) is 3.83. The first-order valence-corrected chi connectivity index (χ1v) is 8.33. The third-order valence-corrected chi connectivity index (χ3v) is 4.31. The van der Waals surface area contributed by atoms with Crippen LogP contribution in [0.15, 0.2) is 47.4 Å². The van der Waals surface area contributed by atoms with Crippen molar-refractivity contribution >= 4 is 15.5 Å². The van der Waals surface area contributed by atoms with Gasteiger partial charge in [-0.25, -0.2) is 8.42 Å². The number of rotatable bonds is 4. The summed E-state index contributed by atoms with van der Waals surface area (Å²) < 4.78 is 23.2. The van der Waals surface area contributed by atoms with Gasteiger partial charge < -0.3 is 5.32 Å². The number of nitrogens with zero attached hydrogens (tertiary/aromatic N) is 1. The Labute approximate surface area is 125 Å². The van der Waals surface area contributed by atoms with Crippen molar-refractivity contribution in [3.05, 3.63) is 59.2 Å². The van der Waals surface area contributed by atoms with E-state index >= 15 is 0 Å². The molecule has 0 saturated heterocycles. The number of aryl methyl sites for hydroxylation is 1. The van der Waals surface area contributed by atoms with Gasteiger partial charge in [-0.3, -0.25) is 0 Å². The molecule has 0 aliphatic heterocycles. The van der Waals surface area contributed by atoms with Gasteiger partial charge in [-0.05, 0) is 42.3 Å². The first-order chi connectivity index (χ1) is 9.90. The number of sulfone groups is 1. The second kappa shape index (κ2) is 5.98. The van der Waals surface area contributed by atoms with Gasteiger partial charge in [-0.15, -0.1) is 0 Å². The van der Waals surface area contributed by atoms with E-state index in [0.717, 1.165) is 16.8 Å². The molecule has 108 valence electrons. The minimum Gasteiger partial charge on any atom is -0.381 e. The van der Waals surface area contributed by atoms with E-state index < -0.39 is 9.84 Å². The predicted octanol–water partition coefficient (Wildman–Crippen LogP) is 2.88. The summed E-state index contributed by atoms with van der Waals surface area (Å²) in [5.41, 5.74) is 3.42. The molecule has 0 heterocycles. The van der Waals surface area contributed by atoms with E-state index in [2.05, 4.69) is 11.4 Å². The van der Waals surface area contributed by atoms with Crippen molar-refractivity contribution in [1.82, 2.24) is 0 Å². The van der Waals surface area contributed by atoms with Crippen LogP contribution in [-0.4, -0.2) is 14.7 Å². The summed E-state index contributed by atoms with van der Waals surface area (Å²) in [7, 11) is -3.21. The summed E-state index contributed by atoms with van der Waals surface area (Å²) in [4.78, 5) is 0.301. The Morgan fingerprint density at radius 2 is 1.81 bits per heavy atom. The molecule has 0 spiro atoms. The van der Waals surface area contributed by atoms with Crippen LogP contribution in [-0.2, 0) is 16.4 Å².